The van der Waals surface area contributed by atoms with Crippen LogP contribution in [0.25, 0.3) is 5.57 Å². The lowest BCUT2D eigenvalue weighted by Gasteiger charge is -2.28. The summed E-state index contributed by atoms with van der Waals surface area (Å²) in [4.78, 5) is 32.9. The monoisotopic (exact) mass is 509 g/mol. The molecule has 0 unspecified atom stereocenters. The number of aryl methyl sites for hydroxylation is 1. The van der Waals surface area contributed by atoms with Crippen LogP contribution in [0.1, 0.15) is 56.1 Å². The van der Waals surface area contributed by atoms with Gasteiger partial charge in [-0.2, -0.15) is 4.98 Å². The number of primary amides is 1. The van der Waals surface area contributed by atoms with E-state index in [1.807, 2.05) is 26.2 Å². The van der Waals surface area contributed by atoms with Crippen LogP contribution >= 0.6 is 0 Å². The van der Waals surface area contributed by atoms with Crippen LogP contribution in [0, 0.1) is 11.8 Å². The van der Waals surface area contributed by atoms with Crippen molar-refractivity contribution in [1.29, 1.82) is 0 Å². The second-order valence-electron chi connectivity index (χ2n) is 10.9. The molecule has 0 bridgehead atoms. The molecule has 1 saturated heterocycles. The summed E-state index contributed by atoms with van der Waals surface area (Å²) in [6.45, 7) is 5.50. The zero-order valence-electron chi connectivity index (χ0n) is 20.6. The molecule has 1 saturated carbocycles. The summed E-state index contributed by atoms with van der Waals surface area (Å²) >= 11 is 0. The first-order chi connectivity index (χ1) is 17.3. The second kappa shape index (κ2) is 8.79. The van der Waals surface area contributed by atoms with Crippen molar-refractivity contribution in [3.05, 3.63) is 35.6 Å². The van der Waals surface area contributed by atoms with E-state index >= 15 is 0 Å². The van der Waals surface area contributed by atoms with Crippen LogP contribution in [0.3, 0.4) is 0 Å². The van der Waals surface area contributed by atoms with Crippen molar-refractivity contribution in [2.75, 3.05) is 35.7 Å². The fourth-order valence-electron chi connectivity index (χ4n) is 5.39. The van der Waals surface area contributed by atoms with Gasteiger partial charge in [-0.1, -0.05) is 6.08 Å². The summed E-state index contributed by atoms with van der Waals surface area (Å²) in [5, 5.41) is 3.33. The predicted octanol–water partition coefficient (Wildman–Crippen LogP) is 2.63. The van der Waals surface area contributed by atoms with E-state index in [1.165, 1.54) is 24.0 Å². The Morgan fingerprint density at radius 3 is 2.72 bits per heavy atom. The molecule has 10 nitrogen and oxygen atoms in total. The number of fused-ring (bicyclic) bond motifs is 2. The van der Waals surface area contributed by atoms with Crippen molar-refractivity contribution in [2.45, 2.75) is 55.9 Å². The number of hydrogen-bond acceptors (Lipinski definition) is 9. The topological polar surface area (TPSA) is 136 Å². The standard InChI is InChI=1S/C25H31N7O3S/c1-25(2,13-35-23(26)33)31-22-20-19(5-6-36(20)34)29-24(30-22)32-11-16-7-15(8-17(16)12-32)21-27-9-18(10-28-21)14-3-4-14/h7,9-10,14,16-17H,3-6,8,11-13H2,1-2H3,(H2,26,33)(H,29,30,31)/t16-,17+,36-/m1/s1. The summed E-state index contributed by atoms with van der Waals surface area (Å²) in [6.07, 6.45) is 9.58. The van der Waals surface area contributed by atoms with Crippen molar-refractivity contribution in [1.82, 2.24) is 19.9 Å². The molecule has 3 N–H and O–H groups in total. The van der Waals surface area contributed by atoms with Crippen LogP contribution in [-0.4, -0.2) is 61.2 Å². The smallest absolute Gasteiger partial charge is 0.404 e. The van der Waals surface area contributed by atoms with E-state index < -0.39 is 22.4 Å². The summed E-state index contributed by atoms with van der Waals surface area (Å²) in [7, 11) is -1.16. The zero-order chi connectivity index (χ0) is 25.0. The van der Waals surface area contributed by atoms with Gasteiger partial charge in [0.2, 0.25) is 5.95 Å². The molecule has 3 atom stereocenters. The fraction of sp³-hybridized carbons (Fsp3) is 0.560. The Hall–Kier alpha value is -3.08. The van der Waals surface area contributed by atoms with Gasteiger partial charge in [-0.15, -0.1) is 0 Å². The van der Waals surface area contributed by atoms with Gasteiger partial charge in [0, 0.05) is 37.7 Å². The highest BCUT2D eigenvalue weighted by Gasteiger charge is 2.39. The first-order valence-corrected chi connectivity index (χ1v) is 13.9. The lowest BCUT2D eigenvalue weighted by atomic mass is 10.00. The van der Waals surface area contributed by atoms with Crippen molar-refractivity contribution < 1.29 is 13.7 Å². The van der Waals surface area contributed by atoms with Crippen LogP contribution in [-0.2, 0) is 22.0 Å². The van der Waals surface area contributed by atoms with Crippen molar-refractivity contribution >= 4 is 34.2 Å². The van der Waals surface area contributed by atoms with Crippen molar-refractivity contribution in [3.63, 3.8) is 0 Å². The number of nitrogens with zero attached hydrogens (tertiary/aromatic N) is 5. The van der Waals surface area contributed by atoms with Crippen LogP contribution in [0.15, 0.2) is 23.4 Å². The highest BCUT2D eigenvalue weighted by Crippen LogP contribution is 2.43. The molecule has 2 fully saturated rings. The number of aromatic nitrogens is 4. The van der Waals surface area contributed by atoms with Crippen LogP contribution in [0.5, 0.6) is 0 Å². The summed E-state index contributed by atoms with van der Waals surface area (Å²) in [5.41, 5.74) is 7.81. The first-order valence-electron chi connectivity index (χ1n) is 12.5. The van der Waals surface area contributed by atoms with E-state index in [4.69, 9.17) is 20.4 Å². The number of anilines is 2. The van der Waals surface area contributed by atoms with Gasteiger partial charge in [0.25, 0.3) is 0 Å². The van der Waals surface area contributed by atoms with E-state index in [1.54, 1.807) is 0 Å². The number of nitrogens with two attached hydrogens (primary N) is 1. The molecule has 0 aromatic carbocycles. The number of rotatable bonds is 7. The Balaban J connectivity index is 1.20. The largest absolute Gasteiger partial charge is 0.447 e. The van der Waals surface area contributed by atoms with E-state index in [0.717, 1.165) is 31.0 Å². The number of amides is 1. The number of hydrogen-bond donors (Lipinski definition) is 2. The maximum absolute atomic E-state index is 12.7. The average molecular weight is 510 g/mol. The molecule has 0 radical (unpaired) electrons. The van der Waals surface area contributed by atoms with Crippen molar-refractivity contribution in [2.24, 2.45) is 17.6 Å². The first kappa shape index (κ1) is 23.3. The SMILES string of the molecule is CC(C)(COC(N)=O)Nc1nc(N2C[C@@H]3CC(c4ncc(C5CC5)cn4)=C[C@@H]3C2)nc2c1[S@](=O)CC2. The molecule has 2 aromatic rings. The third kappa shape index (κ3) is 4.56. The third-order valence-corrected chi connectivity index (χ3v) is 8.85. The van der Waals surface area contributed by atoms with Gasteiger partial charge < -0.3 is 20.7 Å². The molecule has 4 heterocycles. The zero-order valence-corrected chi connectivity index (χ0v) is 21.4. The molecule has 1 amide bonds. The molecule has 0 spiro atoms. The molecule has 6 rings (SSSR count). The minimum Gasteiger partial charge on any atom is -0.447 e. The molecular formula is C25H31N7O3S. The lowest BCUT2D eigenvalue weighted by molar-refractivity contribution is 0.138. The highest BCUT2D eigenvalue weighted by atomic mass is 32.2. The number of nitrogens with one attached hydrogen (secondary N) is 1. The molecule has 11 heteroatoms. The quantitative estimate of drug-likeness (QED) is 0.577. The van der Waals surface area contributed by atoms with E-state index in [0.29, 0.717) is 46.6 Å². The van der Waals surface area contributed by atoms with Gasteiger partial charge in [0.05, 0.1) is 22.0 Å². The lowest BCUT2D eigenvalue weighted by Crippen LogP contribution is -2.39. The Labute approximate surface area is 212 Å². The van der Waals surface area contributed by atoms with Gasteiger partial charge >= 0.3 is 6.09 Å². The van der Waals surface area contributed by atoms with E-state index in [-0.39, 0.29) is 6.61 Å². The number of ether oxygens (including phenoxy) is 1. The average Bonchev–Trinajstić information content (AvgIpc) is 3.34. The van der Waals surface area contributed by atoms with Crippen LogP contribution in [0.4, 0.5) is 16.6 Å². The van der Waals surface area contributed by atoms with Gasteiger partial charge in [-0.05, 0) is 62.0 Å². The molecule has 190 valence electrons. The molecular weight excluding hydrogens is 478 g/mol. The Kier molecular flexibility index (Phi) is 5.70. The Morgan fingerprint density at radius 2 is 2.03 bits per heavy atom. The molecule has 2 aromatic heterocycles. The van der Waals surface area contributed by atoms with Crippen LogP contribution in [0.2, 0.25) is 0 Å². The summed E-state index contributed by atoms with van der Waals surface area (Å²) in [5.74, 6) is 4.11. The Morgan fingerprint density at radius 1 is 1.25 bits per heavy atom. The molecule has 36 heavy (non-hydrogen) atoms. The van der Waals surface area contributed by atoms with Crippen LogP contribution < -0.4 is 16.0 Å². The minimum atomic E-state index is -1.16. The fourth-order valence-corrected chi connectivity index (χ4v) is 6.69. The van der Waals surface area contributed by atoms with Gasteiger partial charge in [-0.25, -0.2) is 19.7 Å². The maximum atomic E-state index is 12.7. The predicted molar refractivity (Wildman–Crippen MR) is 136 cm³/mol. The minimum absolute atomic E-state index is 0.0637. The third-order valence-electron chi connectivity index (χ3n) is 7.39. The summed E-state index contributed by atoms with van der Waals surface area (Å²) < 4.78 is 17.7. The van der Waals surface area contributed by atoms with Gasteiger partial charge in [-0.3, -0.25) is 4.21 Å². The number of carbonyl (C=O) groups is 1. The maximum Gasteiger partial charge on any atom is 0.404 e. The number of carbonyl (C=O) groups excluding carboxylic acids is 1. The van der Waals surface area contributed by atoms with E-state index in [9.17, 15) is 9.00 Å². The summed E-state index contributed by atoms with van der Waals surface area (Å²) in [6, 6.07) is 0. The van der Waals surface area contributed by atoms with Crippen molar-refractivity contribution in [3.8, 4) is 0 Å². The molecule has 4 aliphatic rings. The van der Waals surface area contributed by atoms with Gasteiger partial charge in [0.1, 0.15) is 17.3 Å². The van der Waals surface area contributed by atoms with E-state index in [2.05, 4.69) is 26.3 Å². The Bertz CT molecular complexity index is 1260. The molecule has 2 aliphatic heterocycles. The van der Waals surface area contributed by atoms with Gasteiger partial charge in [0.15, 0.2) is 5.82 Å². The normalized spacial score (nSPS) is 24.9. The highest BCUT2D eigenvalue weighted by molar-refractivity contribution is 7.85. The second-order valence-corrected chi connectivity index (χ2v) is 12.4. The molecule has 2 aliphatic carbocycles. The number of allylic oxidation sites excluding steroid dienone is 1.